The van der Waals surface area contributed by atoms with Gasteiger partial charge in [0.2, 0.25) is 0 Å². The van der Waals surface area contributed by atoms with Crippen molar-refractivity contribution in [2.45, 2.75) is 64.3 Å². The lowest BCUT2D eigenvalue weighted by Crippen LogP contribution is -2.48. The van der Waals surface area contributed by atoms with Crippen molar-refractivity contribution in [2.75, 3.05) is 5.32 Å². The molecule has 1 fully saturated rings. The van der Waals surface area contributed by atoms with Crippen LogP contribution in [0.2, 0.25) is 0 Å². The third kappa shape index (κ3) is 5.66. The molecule has 1 aromatic rings. The van der Waals surface area contributed by atoms with Crippen LogP contribution in [0, 0.1) is 0 Å². The summed E-state index contributed by atoms with van der Waals surface area (Å²) in [5.74, 6) is 0.713. The first kappa shape index (κ1) is 18.0. The van der Waals surface area contributed by atoms with Crippen molar-refractivity contribution < 1.29 is 14.6 Å². The summed E-state index contributed by atoms with van der Waals surface area (Å²) in [5, 5.41) is 15.9. The fourth-order valence-electron chi connectivity index (χ4n) is 2.52. The summed E-state index contributed by atoms with van der Waals surface area (Å²) < 4.78 is 6.07. The molecule has 0 radical (unpaired) electrons. The number of aromatic nitrogens is 1. The Bertz CT molecular complexity index is 576. The van der Waals surface area contributed by atoms with Gasteiger partial charge < -0.3 is 20.5 Å². The highest BCUT2D eigenvalue weighted by Crippen LogP contribution is 2.34. The van der Waals surface area contributed by atoms with Crippen molar-refractivity contribution in [1.82, 2.24) is 10.3 Å². The van der Waals surface area contributed by atoms with E-state index >= 15 is 0 Å². The molecule has 0 bridgehead atoms. The predicted octanol–water partition coefficient (Wildman–Crippen LogP) is 3.19. The normalized spacial score (nSPS) is 23.8. The largest absolute Gasteiger partial charge is 0.444 e. The van der Waals surface area contributed by atoms with Crippen molar-refractivity contribution >= 4 is 27.8 Å². The molecule has 7 heteroatoms. The molecule has 1 heterocycles. The van der Waals surface area contributed by atoms with Gasteiger partial charge in [-0.05, 0) is 62.5 Å². The molecule has 2 rings (SSSR count). The number of hydrogen-bond donors (Lipinski definition) is 3. The summed E-state index contributed by atoms with van der Waals surface area (Å²) in [7, 11) is 0. The Morgan fingerprint density at radius 1 is 1.52 bits per heavy atom. The van der Waals surface area contributed by atoms with Gasteiger partial charge in [0.15, 0.2) is 0 Å². The molecular formula is C16H24BrN3O3. The first-order chi connectivity index (χ1) is 10.5. The molecule has 23 heavy (non-hydrogen) atoms. The molecule has 0 aromatic carbocycles. The zero-order chi connectivity index (χ0) is 17.3. The molecule has 0 aliphatic heterocycles. The number of amides is 1. The van der Waals surface area contributed by atoms with Crippen LogP contribution in [0.25, 0.3) is 0 Å². The van der Waals surface area contributed by atoms with Gasteiger partial charge in [0.25, 0.3) is 0 Å². The minimum Gasteiger partial charge on any atom is -0.444 e. The first-order valence-corrected chi connectivity index (χ1v) is 8.44. The predicted molar refractivity (Wildman–Crippen MR) is 92.3 cm³/mol. The lowest BCUT2D eigenvalue weighted by molar-refractivity contribution is -0.0235. The topological polar surface area (TPSA) is 83.5 Å². The SMILES string of the molecule is CC(C)(C)OC(=O)NCc1cc(Br)cnc1N[C@H]1C[C@@](C)(O)C1. The number of ether oxygens (including phenoxy) is 1. The summed E-state index contributed by atoms with van der Waals surface area (Å²) in [6.45, 7) is 7.60. The van der Waals surface area contributed by atoms with E-state index in [1.165, 1.54) is 0 Å². The fourth-order valence-corrected chi connectivity index (χ4v) is 2.90. The van der Waals surface area contributed by atoms with Gasteiger partial charge in [-0.25, -0.2) is 9.78 Å². The van der Waals surface area contributed by atoms with Crippen LogP contribution in [0.4, 0.5) is 10.6 Å². The van der Waals surface area contributed by atoms with Gasteiger partial charge in [0.1, 0.15) is 11.4 Å². The molecular weight excluding hydrogens is 362 g/mol. The zero-order valence-corrected chi connectivity index (χ0v) is 15.5. The van der Waals surface area contributed by atoms with E-state index in [0.717, 1.165) is 10.0 Å². The van der Waals surface area contributed by atoms with Crippen LogP contribution in [-0.4, -0.2) is 33.4 Å². The highest BCUT2D eigenvalue weighted by Gasteiger charge is 2.38. The Morgan fingerprint density at radius 2 is 2.17 bits per heavy atom. The molecule has 3 N–H and O–H groups in total. The molecule has 0 unspecified atom stereocenters. The third-order valence-electron chi connectivity index (χ3n) is 3.47. The van der Waals surface area contributed by atoms with E-state index in [1.54, 1.807) is 6.20 Å². The fraction of sp³-hybridized carbons (Fsp3) is 0.625. The van der Waals surface area contributed by atoms with Gasteiger partial charge >= 0.3 is 6.09 Å². The summed E-state index contributed by atoms with van der Waals surface area (Å²) in [4.78, 5) is 16.2. The van der Waals surface area contributed by atoms with Crippen molar-refractivity contribution in [3.8, 4) is 0 Å². The van der Waals surface area contributed by atoms with Crippen LogP contribution >= 0.6 is 15.9 Å². The van der Waals surface area contributed by atoms with E-state index in [4.69, 9.17) is 4.74 Å². The number of hydrogen-bond acceptors (Lipinski definition) is 5. The number of halogens is 1. The lowest BCUT2D eigenvalue weighted by atomic mass is 9.77. The molecule has 1 saturated carbocycles. The lowest BCUT2D eigenvalue weighted by Gasteiger charge is -2.41. The first-order valence-electron chi connectivity index (χ1n) is 7.64. The number of alkyl carbamates (subject to hydrolysis) is 1. The minimum absolute atomic E-state index is 0.193. The van der Waals surface area contributed by atoms with E-state index in [9.17, 15) is 9.90 Å². The molecule has 1 aromatic heterocycles. The van der Waals surface area contributed by atoms with Crippen LogP contribution < -0.4 is 10.6 Å². The quantitative estimate of drug-likeness (QED) is 0.740. The number of pyridine rings is 1. The number of anilines is 1. The van der Waals surface area contributed by atoms with Crippen LogP contribution in [0.15, 0.2) is 16.7 Å². The summed E-state index contributed by atoms with van der Waals surface area (Å²) in [6.07, 6.45) is 2.61. The van der Waals surface area contributed by atoms with Crippen LogP contribution in [-0.2, 0) is 11.3 Å². The molecule has 0 atom stereocenters. The monoisotopic (exact) mass is 385 g/mol. The summed E-state index contributed by atoms with van der Waals surface area (Å²) >= 11 is 3.39. The van der Waals surface area contributed by atoms with Gasteiger partial charge in [-0.15, -0.1) is 0 Å². The Kier molecular flexibility index (Phi) is 5.20. The second-order valence-corrected chi connectivity index (χ2v) is 8.18. The second kappa shape index (κ2) is 6.65. The smallest absolute Gasteiger partial charge is 0.407 e. The number of carbonyl (C=O) groups is 1. The number of carbonyl (C=O) groups excluding carboxylic acids is 1. The van der Waals surface area contributed by atoms with E-state index in [-0.39, 0.29) is 6.04 Å². The van der Waals surface area contributed by atoms with Crippen molar-refractivity contribution in [3.63, 3.8) is 0 Å². The molecule has 1 amide bonds. The average molecular weight is 386 g/mol. The van der Waals surface area contributed by atoms with Crippen LogP contribution in [0.1, 0.15) is 46.1 Å². The molecule has 1 aliphatic carbocycles. The second-order valence-electron chi connectivity index (χ2n) is 7.26. The maximum absolute atomic E-state index is 11.8. The number of aliphatic hydroxyl groups is 1. The Hall–Kier alpha value is -1.34. The summed E-state index contributed by atoms with van der Waals surface area (Å²) in [6, 6.07) is 2.10. The third-order valence-corrected chi connectivity index (χ3v) is 3.90. The molecule has 1 aliphatic rings. The van der Waals surface area contributed by atoms with Gasteiger partial charge in [-0.3, -0.25) is 0 Å². The van der Waals surface area contributed by atoms with Crippen LogP contribution in [0.3, 0.4) is 0 Å². The van der Waals surface area contributed by atoms with Crippen molar-refractivity contribution in [3.05, 3.63) is 22.3 Å². The highest BCUT2D eigenvalue weighted by molar-refractivity contribution is 9.10. The number of nitrogens with one attached hydrogen (secondary N) is 2. The van der Waals surface area contributed by atoms with E-state index in [1.807, 2.05) is 33.8 Å². The van der Waals surface area contributed by atoms with Gasteiger partial charge in [-0.2, -0.15) is 0 Å². The average Bonchev–Trinajstić information content (AvgIpc) is 2.34. The van der Waals surface area contributed by atoms with Crippen molar-refractivity contribution in [2.24, 2.45) is 0 Å². The van der Waals surface area contributed by atoms with Gasteiger partial charge in [-0.1, -0.05) is 0 Å². The van der Waals surface area contributed by atoms with E-state index in [2.05, 4.69) is 31.5 Å². The van der Waals surface area contributed by atoms with Gasteiger partial charge in [0, 0.05) is 28.8 Å². The minimum atomic E-state index is -0.595. The zero-order valence-electron chi connectivity index (χ0n) is 13.9. The molecule has 0 spiro atoms. The van der Waals surface area contributed by atoms with Crippen molar-refractivity contribution in [1.29, 1.82) is 0 Å². The Morgan fingerprint density at radius 3 is 2.74 bits per heavy atom. The molecule has 0 saturated heterocycles. The standard InChI is InChI=1S/C16H24BrN3O3/c1-15(2,3)23-14(21)19-8-10-5-11(17)9-18-13(10)20-12-6-16(4,22)7-12/h5,9,12,22H,6-8H2,1-4H3,(H,18,20)(H,19,21)/t12-,16+. The Labute approximate surface area is 145 Å². The van der Waals surface area contributed by atoms with Gasteiger partial charge in [0.05, 0.1) is 5.60 Å². The molecule has 128 valence electrons. The van der Waals surface area contributed by atoms with E-state index < -0.39 is 17.3 Å². The Balaban J connectivity index is 1.97. The maximum Gasteiger partial charge on any atom is 0.407 e. The summed E-state index contributed by atoms with van der Waals surface area (Å²) in [5.41, 5.74) is -0.267. The number of rotatable bonds is 4. The highest BCUT2D eigenvalue weighted by atomic mass is 79.9. The van der Waals surface area contributed by atoms with E-state index in [0.29, 0.717) is 25.2 Å². The maximum atomic E-state index is 11.8. The van der Waals surface area contributed by atoms with Crippen LogP contribution in [0.5, 0.6) is 0 Å². The molecule has 6 nitrogen and oxygen atoms in total. The number of nitrogens with zero attached hydrogens (tertiary/aromatic N) is 1.